The zero-order chi connectivity index (χ0) is 27.1. The van der Waals surface area contributed by atoms with Gasteiger partial charge >= 0.3 is 12.1 Å². The van der Waals surface area contributed by atoms with Gasteiger partial charge in [-0.1, -0.05) is 18.8 Å². The van der Waals surface area contributed by atoms with E-state index >= 15 is 4.39 Å². The number of hydrogen-bond donors (Lipinski definition) is 1. The number of carbonyl (C=O) groups is 2. The van der Waals surface area contributed by atoms with Gasteiger partial charge in [0.2, 0.25) is 5.43 Å². The predicted octanol–water partition coefficient (Wildman–Crippen LogP) is 5.41. The third-order valence-corrected chi connectivity index (χ3v) is 6.77. The molecule has 2 fully saturated rings. The van der Waals surface area contributed by atoms with Crippen molar-refractivity contribution in [2.45, 2.75) is 90.3 Å². The van der Waals surface area contributed by atoms with Crippen LogP contribution in [0.5, 0.6) is 0 Å². The molecule has 37 heavy (non-hydrogen) atoms. The van der Waals surface area contributed by atoms with Crippen LogP contribution < -0.4 is 5.43 Å². The van der Waals surface area contributed by atoms with Gasteiger partial charge in [0.15, 0.2) is 11.6 Å². The number of rotatable bonds is 5. The maximum atomic E-state index is 15.1. The number of pyridine rings is 1. The van der Waals surface area contributed by atoms with E-state index in [0.29, 0.717) is 25.1 Å². The van der Waals surface area contributed by atoms with E-state index in [1.807, 2.05) is 20.8 Å². The summed E-state index contributed by atoms with van der Waals surface area (Å²) in [7, 11) is 0. The fraction of sp³-hybridized carbons (Fsp3) is 0.536. The number of carboxylic acid groups (broad SMARTS) is 1. The number of hydrogen-bond acceptors (Lipinski definition) is 4. The number of aromatic nitrogens is 1. The van der Waals surface area contributed by atoms with Crippen molar-refractivity contribution in [2.24, 2.45) is 0 Å². The predicted molar refractivity (Wildman–Crippen MR) is 135 cm³/mol. The van der Waals surface area contributed by atoms with Crippen molar-refractivity contribution in [3.05, 3.63) is 44.7 Å². The summed E-state index contributed by atoms with van der Waals surface area (Å²) < 4.78 is 36.8. The maximum absolute atomic E-state index is 15.1. The van der Waals surface area contributed by atoms with E-state index in [-0.39, 0.29) is 41.1 Å². The normalized spacial score (nSPS) is 17.6. The third kappa shape index (κ3) is 5.34. The molecule has 1 saturated carbocycles. The molecule has 7 nitrogen and oxygen atoms in total. The summed E-state index contributed by atoms with van der Waals surface area (Å²) in [5, 5.41) is 9.53. The van der Waals surface area contributed by atoms with Crippen LogP contribution in [-0.4, -0.2) is 44.8 Å². The second-order valence-corrected chi connectivity index (χ2v) is 10.7. The molecule has 0 spiro atoms. The number of fused-ring (bicyclic) bond motifs is 1. The number of aromatic carboxylic acids is 1. The highest BCUT2D eigenvalue weighted by Crippen LogP contribution is 2.40. The molecule has 1 saturated heterocycles. The van der Waals surface area contributed by atoms with Crippen molar-refractivity contribution < 1.29 is 28.2 Å². The number of likely N-dealkylation sites (tertiary alicyclic amines) is 1. The molecule has 1 aliphatic carbocycles. The number of benzene rings is 1. The van der Waals surface area contributed by atoms with Crippen LogP contribution in [0.4, 0.5) is 13.6 Å². The Kier molecular flexibility index (Phi) is 7.31. The van der Waals surface area contributed by atoms with Crippen LogP contribution in [0.25, 0.3) is 10.9 Å². The Labute approximate surface area is 214 Å². The molecule has 1 amide bonds. The van der Waals surface area contributed by atoms with Gasteiger partial charge in [0.05, 0.1) is 16.5 Å². The number of carbonyl (C=O) groups excluding carboxylic acids is 1. The molecule has 1 aromatic carbocycles. The van der Waals surface area contributed by atoms with Gasteiger partial charge in [0, 0.05) is 30.7 Å². The largest absolute Gasteiger partial charge is 0.477 e. The van der Waals surface area contributed by atoms with Gasteiger partial charge in [-0.15, -0.1) is 0 Å². The zero-order valence-electron chi connectivity index (χ0n) is 21.6. The summed E-state index contributed by atoms with van der Waals surface area (Å²) in [6.45, 7) is 7.75. The van der Waals surface area contributed by atoms with Gasteiger partial charge in [-0.05, 0) is 65.4 Å². The van der Waals surface area contributed by atoms with Crippen molar-refractivity contribution in [2.75, 3.05) is 6.54 Å². The fourth-order valence-corrected chi connectivity index (χ4v) is 5.06. The van der Waals surface area contributed by atoms with Crippen molar-refractivity contribution in [3.63, 3.8) is 0 Å². The van der Waals surface area contributed by atoms with Crippen LogP contribution in [0.2, 0.25) is 0 Å². The monoisotopic (exact) mass is 514 g/mol. The molecule has 0 bridgehead atoms. The Bertz CT molecular complexity index is 1380. The van der Waals surface area contributed by atoms with Gasteiger partial charge in [-0.25, -0.2) is 18.4 Å². The molecule has 1 aromatic heterocycles. The molecule has 2 heterocycles. The summed E-state index contributed by atoms with van der Waals surface area (Å²) in [5.74, 6) is 1.87. The van der Waals surface area contributed by atoms with Crippen molar-refractivity contribution in [3.8, 4) is 11.8 Å². The van der Waals surface area contributed by atoms with Gasteiger partial charge < -0.3 is 19.3 Å². The lowest BCUT2D eigenvalue weighted by Gasteiger charge is -2.28. The minimum Gasteiger partial charge on any atom is -0.477 e. The second-order valence-electron chi connectivity index (χ2n) is 10.7. The molecule has 198 valence electrons. The lowest BCUT2D eigenvalue weighted by atomic mass is 10.0. The maximum Gasteiger partial charge on any atom is 0.410 e. The molecular weight excluding hydrogens is 482 g/mol. The average Bonchev–Trinajstić information content (AvgIpc) is 3.54. The van der Waals surface area contributed by atoms with Gasteiger partial charge in [-0.2, -0.15) is 0 Å². The molecule has 4 rings (SSSR count). The highest BCUT2D eigenvalue weighted by Gasteiger charge is 2.33. The van der Waals surface area contributed by atoms with Crippen LogP contribution in [0, 0.1) is 23.5 Å². The van der Waals surface area contributed by atoms with E-state index in [9.17, 15) is 23.9 Å². The van der Waals surface area contributed by atoms with Gasteiger partial charge in [0.25, 0.3) is 0 Å². The highest BCUT2D eigenvalue weighted by molar-refractivity contribution is 5.96. The van der Waals surface area contributed by atoms with Crippen LogP contribution in [-0.2, 0) is 11.2 Å². The molecule has 9 heteroatoms. The molecule has 1 aliphatic heterocycles. The second kappa shape index (κ2) is 10.2. The quantitative estimate of drug-likeness (QED) is 0.540. The Morgan fingerprint density at radius 2 is 1.92 bits per heavy atom. The van der Waals surface area contributed by atoms with E-state index in [2.05, 4.69) is 11.8 Å². The van der Waals surface area contributed by atoms with Crippen molar-refractivity contribution >= 4 is 23.0 Å². The number of halogens is 2. The standard InChI is InChI=1S/C28H32F2N2O5/c1-5-21-22(26(34)35)25(33)19-15-20(29)23(30)18(24(19)32(21)17-12-13-17)11-7-6-9-16-10-8-14-31(16)27(36)37-28(2,3)4/h15-17H,5-6,8-10,12-14H2,1-4H3,(H,34,35). The van der Waals surface area contributed by atoms with E-state index in [1.165, 1.54) is 0 Å². The molecule has 1 N–H and O–H groups in total. The highest BCUT2D eigenvalue weighted by atomic mass is 19.2. The van der Waals surface area contributed by atoms with Crippen molar-refractivity contribution in [1.82, 2.24) is 9.47 Å². The first-order chi connectivity index (χ1) is 17.4. The molecule has 2 aromatic rings. The minimum atomic E-state index is -1.39. The van der Waals surface area contributed by atoms with Crippen LogP contribution in [0.15, 0.2) is 10.9 Å². The van der Waals surface area contributed by atoms with E-state index < -0.39 is 34.2 Å². The van der Waals surface area contributed by atoms with Crippen LogP contribution in [0.3, 0.4) is 0 Å². The van der Waals surface area contributed by atoms with Gasteiger partial charge in [-0.3, -0.25) is 4.79 Å². The average molecular weight is 515 g/mol. The lowest BCUT2D eigenvalue weighted by Crippen LogP contribution is -2.39. The third-order valence-electron chi connectivity index (χ3n) is 6.77. The first kappa shape index (κ1) is 26.6. The van der Waals surface area contributed by atoms with Gasteiger partial charge in [0.1, 0.15) is 11.2 Å². The fourth-order valence-electron chi connectivity index (χ4n) is 5.06. The number of nitrogens with zero attached hydrogens (tertiary/aromatic N) is 2. The lowest BCUT2D eigenvalue weighted by molar-refractivity contribution is 0.0221. The Morgan fingerprint density at radius 3 is 2.51 bits per heavy atom. The molecular formula is C28H32F2N2O5. The summed E-state index contributed by atoms with van der Waals surface area (Å²) >= 11 is 0. The van der Waals surface area contributed by atoms with Crippen molar-refractivity contribution in [1.29, 1.82) is 0 Å². The smallest absolute Gasteiger partial charge is 0.410 e. The number of ether oxygens (including phenoxy) is 1. The van der Waals surface area contributed by atoms with E-state index in [4.69, 9.17) is 4.74 Å². The SMILES string of the molecule is CCc1c(C(=O)O)c(=O)c2cc(F)c(F)c(C#CCCC3CCCN3C(=O)OC(C)(C)C)c2n1C1CC1. The molecule has 0 radical (unpaired) electrons. The zero-order valence-corrected chi connectivity index (χ0v) is 21.6. The first-order valence-corrected chi connectivity index (χ1v) is 12.8. The summed E-state index contributed by atoms with van der Waals surface area (Å²) in [6, 6.07) is 0.621. The molecule has 1 atom stereocenters. The number of amides is 1. The summed E-state index contributed by atoms with van der Waals surface area (Å²) in [5.41, 5.74) is -1.64. The Balaban J connectivity index is 1.70. The minimum absolute atomic E-state index is 0.0623. The van der Waals surface area contributed by atoms with E-state index in [0.717, 1.165) is 31.7 Å². The summed E-state index contributed by atoms with van der Waals surface area (Å²) in [4.78, 5) is 39.2. The number of carboxylic acids is 1. The van der Waals surface area contributed by atoms with E-state index in [1.54, 1.807) is 16.4 Å². The molecule has 1 unspecified atom stereocenters. The Hall–Kier alpha value is -3.41. The Morgan fingerprint density at radius 1 is 1.22 bits per heavy atom. The topological polar surface area (TPSA) is 88.8 Å². The first-order valence-electron chi connectivity index (χ1n) is 12.8. The van der Waals surface area contributed by atoms with Crippen LogP contribution >= 0.6 is 0 Å². The summed E-state index contributed by atoms with van der Waals surface area (Å²) in [6.07, 6.45) is 3.88. The van der Waals surface area contributed by atoms with Crippen LogP contribution in [0.1, 0.15) is 93.9 Å². The molecule has 2 aliphatic rings.